The second-order valence-electron chi connectivity index (χ2n) is 5.45. The monoisotopic (exact) mass is 376 g/mol. The number of aromatic nitrogens is 2. The summed E-state index contributed by atoms with van der Waals surface area (Å²) in [5.74, 6) is 1.84. The van der Waals surface area contributed by atoms with E-state index in [2.05, 4.69) is 58.4 Å². The van der Waals surface area contributed by atoms with Gasteiger partial charge >= 0.3 is 0 Å². The molecule has 1 aliphatic rings. The molecule has 106 valence electrons. The van der Waals surface area contributed by atoms with Gasteiger partial charge in [-0.1, -0.05) is 13.8 Å². The maximum Gasteiger partial charge on any atom is 0.161 e. The molecule has 1 fully saturated rings. The van der Waals surface area contributed by atoms with Crippen molar-refractivity contribution in [1.82, 2.24) is 14.9 Å². The molecule has 1 saturated heterocycles. The number of likely N-dealkylation sites (N-methyl/N-ethyl adjacent to an activating group) is 1. The summed E-state index contributed by atoms with van der Waals surface area (Å²) in [7, 11) is 2.08. The molecule has 0 amide bonds. The van der Waals surface area contributed by atoms with Crippen LogP contribution in [-0.4, -0.2) is 41.6 Å². The molecule has 1 unspecified atom stereocenters. The van der Waals surface area contributed by atoms with Crippen molar-refractivity contribution in [1.29, 1.82) is 0 Å². The van der Waals surface area contributed by atoms with E-state index in [4.69, 9.17) is 10.5 Å². The Kier molecular flexibility index (Phi) is 4.97. The fourth-order valence-corrected chi connectivity index (χ4v) is 2.59. The lowest BCUT2D eigenvalue weighted by Crippen LogP contribution is -2.36. The van der Waals surface area contributed by atoms with Gasteiger partial charge in [0, 0.05) is 13.1 Å². The zero-order valence-corrected chi connectivity index (χ0v) is 13.8. The number of nitrogens with zero attached hydrogens (tertiary/aromatic N) is 3. The quantitative estimate of drug-likeness (QED) is 0.816. The first-order valence-corrected chi connectivity index (χ1v) is 7.67. The molecule has 6 heteroatoms. The third-order valence-corrected chi connectivity index (χ3v) is 4.30. The number of hydrogen-bond acceptors (Lipinski definition) is 5. The summed E-state index contributed by atoms with van der Waals surface area (Å²) in [4.78, 5) is 11.3. The lowest BCUT2D eigenvalue weighted by Gasteiger charge is -2.29. The highest BCUT2D eigenvalue weighted by molar-refractivity contribution is 14.1. The zero-order valence-electron chi connectivity index (χ0n) is 11.7. The number of morpholine rings is 1. The lowest BCUT2D eigenvalue weighted by molar-refractivity contribution is -0.0255. The van der Waals surface area contributed by atoms with Crippen molar-refractivity contribution in [2.45, 2.75) is 26.4 Å². The van der Waals surface area contributed by atoms with E-state index in [1.165, 1.54) is 0 Å². The third-order valence-electron chi connectivity index (χ3n) is 3.12. The highest BCUT2D eigenvalue weighted by atomic mass is 127. The molecule has 1 aliphatic heterocycles. The van der Waals surface area contributed by atoms with Crippen molar-refractivity contribution in [3.63, 3.8) is 0 Å². The van der Waals surface area contributed by atoms with Crippen molar-refractivity contribution >= 4 is 28.4 Å². The van der Waals surface area contributed by atoms with Crippen LogP contribution < -0.4 is 5.73 Å². The van der Waals surface area contributed by atoms with Gasteiger partial charge in [-0.05, 0) is 42.0 Å². The van der Waals surface area contributed by atoms with E-state index in [1.807, 2.05) is 0 Å². The number of anilines is 1. The molecule has 2 N–H and O–H groups in total. The fraction of sp³-hybridized carbons (Fsp3) is 0.692. The second kappa shape index (κ2) is 6.32. The van der Waals surface area contributed by atoms with Crippen LogP contribution in [0.4, 0.5) is 5.82 Å². The Labute approximate surface area is 128 Å². The van der Waals surface area contributed by atoms with Crippen LogP contribution in [0.2, 0.25) is 0 Å². The van der Waals surface area contributed by atoms with E-state index in [0.29, 0.717) is 11.7 Å². The first-order valence-electron chi connectivity index (χ1n) is 6.59. The van der Waals surface area contributed by atoms with Crippen molar-refractivity contribution in [2.75, 3.05) is 32.5 Å². The van der Waals surface area contributed by atoms with Crippen LogP contribution in [0.25, 0.3) is 0 Å². The lowest BCUT2D eigenvalue weighted by atomic mass is 10.1. The molecule has 0 aromatic carbocycles. The third kappa shape index (κ3) is 3.76. The van der Waals surface area contributed by atoms with Crippen LogP contribution in [0.15, 0.2) is 0 Å². The molecule has 1 aromatic rings. The van der Waals surface area contributed by atoms with Gasteiger partial charge in [-0.3, -0.25) is 0 Å². The minimum absolute atomic E-state index is 0.0658. The smallest absolute Gasteiger partial charge is 0.161 e. The predicted molar refractivity (Wildman–Crippen MR) is 83.9 cm³/mol. The molecule has 0 saturated carbocycles. The zero-order chi connectivity index (χ0) is 14.0. The molecular weight excluding hydrogens is 355 g/mol. The normalized spacial score (nSPS) is 21.0. The maximum atomic E-state index is 6.01. The van der Waals surface area contributed by atoms with Gasteiger partial charge in [-0.2, -0.15) is 0 Å². The van der Waals surface area contributed by atoms with E-state index in [0.717, 1.165) is 41.2 Å². The Hall–Kier alpha value is -0.470. The van der Waals surface area contributed by atoms with Crippen molar-refractivity contribution in [3.05, 3.63) is 15.1 Å². The van der Waals surface area contributed by atoms with Crippen LogP contribution in [0.3, 0.4) is 0 Å². The Morgan fingerprint density at radius 3 is 2.84 bits per heavy atom. The molecule has 2 rings (SSSR count). The van der Waals surface area contributed by atoms with Crippen LogP contribution in [0.5, 0.6) is 0 Å². The minimum Gasteiger partial charge on any atom is -0.383 e. The van der Waals surface area contributed by atoms with Gasteiger partial charge in [0.25, 0.3) is 0 Å². The first kappa shape index (κ1) is 14.9. The topological polar surface area (TPSA) is 64.3 Å². The molecule has 2 heterocycles. The Balaban J connectivity index is 2.27. The van der Waals surface area contributed by atoms with Crippen molar-refractivity contribution < 1.29 is 4.74 Å². The molecule has 0 aliphatic carbocycles. The SMILES string of the molecule is CC(C)Cc1nc(C2CN(C)CCO2)nc(N)c1I. The Morgan fingerprint density at radius 2 is 2.21 bits per heavy atom. The average Bonchev–Trinajstić information content (AvgIpc) is 2.34. The van der Waals surface area contributed by atoms with Crippen molar-refractivity contribution in [3.8, 4) is 0 Å². The number of rotatable bonds is 3. The van der Waals surface area contributed by atoms with Gasteiger partial charge in [0.1, 0.15) is 11.9 Å². The standard InChI is InChI=1S/C13H21IN4O/c1-8(2)6-9-11(14)12(15)17-13(16-9)10-7-18(3)4-5-19-10/h8,10H,4-7H2,1-3H3,(H2,15,16,17). The molecule has 0 spiro atoms. The fourth-order valence-electron chi connectivity index (χ4n) is 2.13. The van der Waals surface area contributed by atoms with E-state index in [-0.39, 0.29) is 6.10 Å². The summed E-state index contributed by atoms with van der Waals surface area (Å²) < 4.78 is 6.74. The highest BCUT2D eigenvalue weighted by Gasteiger charge is 2.24. The average molecular weight is 376 g/mol. The molecule has 1 atom stereocenters. The largest absolute Gasteiger partial charge is 0.383 e. The van der Waals surface area contributed by atoms with E-state index < -0.39 is 0 Å². The molecular formula is C13H21IN4O. The summed E-state index contributed by atoms with van der Waals surface area (Å²) in [5.41, 5.74) is 7.05. The molecule has 0 radical (unpaired) electrons. The van der Waals surface area contributed by atoms with Gasteiger partial charge in [-0.15, -0.1) is 0 Å². The summed E-state index contributed by atoms with van der Waals surface area (Å²) in [6.45, 7) is 6.85. The Morgan fingerprint density at radius 1 is 1.47 bits per heavy atom. The number of hydrogen-bond donors (Lipinski definition) is 1. The molecule has 0 bridgehead atoms. The number of halogens is 1. The maximum absolute atomic E-state index is 6.01. The van der Waals surface area contributed by atoms with Gasteiger partial charge in [0.05, 0.1) is 15.9 Å². The summed E-state index contributed by atoms with van der Waals surface area (Å²) in [6.07, 6.45) is 0.851. The minimum atomic E-state index is -0.0658. The van der Waals surface area contributed by atoms with E-state index in [9.17, 15) is 0 Å². The summed E-state index contributed by atoms with van der Waals surface area (Å²) >= 11 is 2.23. The Bertz CT molecular complexity index is 453. The van der Waals surface area contributed by atoms with Crippen molar-refractivity contribution in [2.24, 2.45) is 5.92 Å². The van der Waals surface area contributed by atoms with E-state index >= 15 is 0 Å². The van der Waals surface area contributed by atoms with Gasteiger partial charge in [0.15, 0.2) is 5.82 Å². The van der Waals surface area contributed by atoms with Crippen LogP contribution in [-0.2, 0) is 11.2 Å². The highest BCUT2D eigenvalue weighted by Crippen LogP contribution is 2.24. The number of nitrogens with two attached hydrogens (primary N) is 1. The van der Waals surface area contributed by atoms with Gasteiger partial charge in [0.2, 0.25) is 0 Å². The molecule has 5 nitrogen and oxygen atoms in total. The van der Waals surface area contributed by atoms with Crippen LogP contribution in [0.1, 0.15) is 31.5 Å². The first-order chi connectivity index (χ1) is 8.97. The molecule has 1 aromatic heterocycles. The summed E-state index contributed by atoms with van der Waals surface area (Å²) in [5, 5.41) is 0. The number of nitrogen functional groups attached to an aromatic ring is 1. The van der Waals surface area contributed by atoms with Gasteiger partial charge in [-0.25, -0.2) is 9.97 Å². The van der Waals surface area contributed by atoms with Crippen LogP contribution >= 0.6 is 22.6 Å². The summed E-state index contributed by atoms with van der Waals surface area (Å²) in [6, 6.07) is 0. The van der Waals surface area contributed by atoms with E-state index in [1.54, 1.807) is 0 Å². The van der Waals surface area contributed by atoms with Crippen LogP contribution in [0, 0.1) is 9.49 Å². The number of ether oxygens (including phenoxy) is 1. The molecule has 19 heavy (non-hydrogen) atoms. The van der Waals surface area contributed by atoms with Gasteiger partial charge < -0.3 is 15.4 Å². The predicted octanol–water partition coefficient (Wildman–Crippen LogP) is 1.86. The second-order valence-corrected chi connectivity index (χ2v) is 6.53.